The van der Waals surface area contributed by atoms with Gasteiger partial charge in [0.05, 0.1) is 13.2 Å². The van der Waals surface area contributed by atoms with E-state index in [0.717, 1.165) is 29.7 Å². The fraction of sp³-hybridized carbons (Fsp3) is 0.368. The maximum Gasteiger partial charge on any atom is 0.315 e. The lowest BCUT2D eigenvalue weighted by atomic mass is 10.1. The van der Waals surface area contributed by atoms with Crippen molar-refractivity contribution < 1.29 is 9.53 Å². The highest BCUT2D eigenvalue weighted by atomic mass is 16.5. The number of aromatic nitrogens is 1. The average Bonchev–Trinajstić information content (AvgIpc) is 2.60. The molecule has 0 bridgehead atoms. The van der Waals surface area contributed by atoms with Gasteiger partial charge in [-0.15, -0.1) is 0 Å². The van der Waals surface area contributed by atoms with Gasteiger partial charge < -0.3 is 15.4 Å². The van der Waals surface area contributed by atoms with Gasteiger partial charge in [-0.3, -0.25) is 4.98 Å². The lowest BCUT2D eigenvalue weighted by Crippen LogP contribution is -2.43. The van der Waals surface area contributed by atoms with E-state index >= 15 is 0 Å². The van der Waals surface area contributed by atoms with Crippen molar-refractivity contribution in [2.24, 2.45) is 0 Å². The van der Waals surface area contributed by atoms with Gasteiger partial charge in [-0.05, 0) is 55.2 Å². The van der Waals surface area contributed by atoms with E-state index in [4.69, 9.17) is 4.74 Å². The maximum absolute atomic E-state index is 12.2. The molecule has 0 saturated heterocycles. The van der Waals surface area contributed by atoms with Crippen LogP contribution in [0.3, 0.4) is 0 Å². The van der Waals surface area contributed by atoms with E-state index in [0.29, 0.717) is 0 Å². The Morgan fingerprint density at radius 3 is 2.62 bits per heavy atom. The van der Waals surface area contributed by atoms with Crippen LogP contribution in [0.5, 0.6) is 5.75 Å². The second-order valence-corrected chi connectivity index (χ2v) is 5.82. The van der Waals surface area contributed by atoms with Crippen molar-refractivity contribution in [2.75, 3.05) is 7.11 Å². The van der Waals surface area contributed by atoms with E-state index < -0.39 is 0 Å². The van der Waals surface area contributed by atoms with Gasteiger partial charge in [-0.2, -0.15) is 0 Å². The number of carbonyl (C=O) groups excluding carboxylic acids is 1. The fourth-order valence-corrected chi connectivity index (χ4v) is 2.64. The molecule has 0 saturated carbocycles. The molecule has 0 unspecified atom stereocenters. The quantitative estimate of drug-likeness (QED) is 0.818. The Morgan fingerprint density at radius 1 is 1.21 bits per heavy atom. The second kappa shape index (κ2) is 8.91. The summed E-state index contributed by atoms with van der Waals surface area (Å²) >= 11 is 0. The molecule has 1 aromatic carbocycles. The molecule has 2 aromatic rings. The number of urea groups is 1. The van der Waals surface area contributed by atoms with Crippen LogP contribution in [0.25, 0.3) is 0 Å². The molecular weight excluding hydrogens is 302 g/mol. The Balaban J connectivity index is 1.88. The van der Waals surface area contributed by atoms with Crippen LogP contribution in [-0.2, 0) is 6.42 Å². The number of pyridine rings is 1. The third kappa shape index (κ3) is 5.26. The Labute approximate surface area is 143 Å². The summed E-state index contributed by atoms with van der Waals surface area (Å²) in [5, 5.41) is 6.01. The second-order valence-electron chi connectivity index (χ2n) is 5.82. The summed E-state index contributed by atoms with van der Waals surface area (Å²) in [5.74, 6) is 0.827. The molecule has 5 heteroatoms. The molecule has 0 aliphatic heterocycles. The highest BCUT2D eigenvalue weighted by Crippen LogP contribution is 2.16. The van der Waals surface area contributed by atoms with Crippen molar-refractivity contribution in [1.29, 1.82) is 0 Å². The third-order valence-electron chi connectivity index (χ3n) is 3.88. The molecule has 2 amide bonds. The Morgan fingerprint density at radius 2 is 1.96 bits per heavy atom. The highest BCUT2D eigenvalue weighted by molar-refractivity contribution is 5.74. The first-order valence-electron chi connectivity index (χ1n) is 8.22. The molecule has 2 atom stereocenters. The smallest absolute Gasteiger partial charge is 0.315 e. The molecule has 24 heavy (non-hydrogen) atoms. The monoisotopic (exact) mass is 327 g/mol. The SMILES string of the molecule is CC[C@@H](NC(=O)N[C@H](C)Cc1cccc(OC)c1)c1ccncc1. The van der Waals surface area contributed by atoms with Gasteiger partial charge in [-0.25, -0.2) is 4.79 Å². The number of carbonyl (C=O) groups is 1. The van der Waals surface area contributed by atoms with Crippen LogP contribution in [0.4, 0.5) is 4.79 Å². The molecule has 1 aromatic heterocycles. The predicted octanol–water partition coefficient (Wildman–Crippen LogP) is 3.47. The number of nitrogens with zero attached hydrogens (tertiary/aromatic N) is 1. The van der Waals surface area contributed by atoms with E-state index in [1.54, 1.807) is 19.5 Å². The van der Waals surface area contributed by atoms with Gasteiger partial charge in [0.15, 0.2) is 0 Å². The summed E-state index contributed by atoms with van der Waals surface area (Å²) < 4.78 is 5.23. The van der Waals surface area contributed by atoms with Crippen molar-refractivity contribution in [2.45, 2.75) is 38.8 Å². The number of methoxy groups -OCH3 is 1. The first-order chi connectivity index (χ1) is 11.6. The van der Waals surface area contributed by atoms with Crippen LogP contribution < -0.4 is 15.4 Å². The fourth-order valence-electron chi connectivity index (χ4n) is 2.64. The van der Waals surface area contributed by atoms with Crippen LogP contribution >= 0.6 is 0 Å². The number of ether oxygens (including phenoxy) is 1. The van der Waals surface area contributed by atoms with Crippen LogP contribution in [0.2, 0.25) is 0 Å². The molecule has 0 spiro atoms. The normalized spacial score (nSPS) is 13.0. The van der Waals surface area contributed by atoms with Crippen molar-refractivity contribution in [3.63, 3.8) is 0 Å². The van der Waals surface area contributed by atoms with Crippen molar-refractivity contribution >= 4 is 6.03 Å². The van der Waals surface area contributed by atoms with E-state index in [-0.39, 0.29) is 18.1 Å². The lowest BCUT2D eigenvalue weighted by molar-refractivity contribution is 0.233. The Bertz CT molecular complexity index is 646. The number of amides is 2. The zero-order valence-corrected chi connectivity index (χ0v) is 14.5. The van der Waals surface area contributed by atoms with Crippen LogP contribution in [0.15, 0.2) is 48.8 Å². The van der Waals surface area contributed by atoms with Gasteiger partial charge >= 0.3 is 6.03 Å². The maximum atomic E-state index is 12.2. The van der Waals surface area contributed by atoms with Gasteiger partial charge in [0.25, 0.3) is 0 Å². The Kier molecular flexibility index (Phi) is 6.61. The first-order valence-corrected chi connectivity index (χ1v) is 8.22. The zero-order chi connectivity index (χ0) is 17.4. The van der Waals surface area contributed by atoms with Gasteiger partial charge in [0.1, 0.15) is 5.75 Å². The number of hydrogen-bond acceptors (Lipinski definition) is 3. The molecule has 0 fully saturated rings. The molecule has 2 N–H and O–H groups in total. The molecule has 0 aliphatic rings. The summed E-state index contributed by atoms with van der Waals surface area (Å²) in [7, 11) is 1.65. The minimum absolute atomic E-state index is 0.0166. The predicted molar refractivity (Wildman–Crippen MR) is 95.1 cm³/mol. The van der Waals surface area contributed by atoms with Crippen LogP contribution in [0, 0.1) is 0 Å². The summed E-state index contributed by atoms with van der Waals surface area (Å²) in [4.78, 5) is 16.3. The van der Waals surface area contributed by atoms with Crippen molar-refractivity contribution in [3.8, 4) is 5.75 Å². The number of benzene rings is 1. The molecule has 128 valence electrons. The largest absolute Gasteiger partial charge is 0.497 e. The molecular formula is C19H25N3O2. The van der Waals surface area contributed by atoms with E-state index in [2.05, 4.69) is 15.6 Å². The Hall–Kier alpha value is -2.56. The van der Waals surface area contributed by atoms with Crippen LogP contribution in [-0.4, -0.2) is 24.2 Å². The average molecular weight is 327 g/mol. The topological polar surface area (TPSA) is 63.2 Å². The first kappa shape index (κ1) is 17.8. The molecule has 2 rings (SSSR count). The van der Waals surface area contributed by atoms with Crippen LogP contribution in [0.1, 0.15) is 37.4 Å². The molecule has 5 nitrogen and oxygen atoms in total. The summed E-state index contributed by atoms with van der Waals surface area (Å²) in [6.07, 6.45) is 5.05. The van der Waals surface area contributed by atoms with Gasteiger partial charge in [0, 0.05) is 18.4 Å². The summed E-state index contributed by atoms with van der Waals surface area (Å²) in [5.41, 5.74) is 2.19. The minimum Gasteiger partial charge on any atom is -0.497 e. The third-order valence-corrected chi connectivity index (χ3v) is 3.88. The molecule has 0 radical (unpaired) electrons. The standard InChI is InChI=1S/C19H25N3O2/c1-4-18(16-8-10-20-11-9-16)22-19(23)21-14(2)12-15-6-5-7-17(13-15)24-3/h5-11,13-14,18H,4,12H2,1-3H3,(H2,21,22,23)/t14-,18-/m1/s1. The van der Waals surface area contributed by atoms with Crippen molar-refractivity contribution in [1.82, 2.24) is 15.6 Å². The van der Waals surface area contributed by atoms with Crippen molar-refractivity contribution in [3.05, 3.63) is 59.9 Å². The lowest BCUT2D eigenvalue weighted by Gasteiger charge is -2.20. The number of hydrogen-bond donors (Lipinski definition) is 2. The van der Waals surface area contributed by atoms with E-state index in [1.165, 1.54) is 0 Å². The summed E-state index contributed by atoms with van der Waals surface area (Å²) in [6, 6.07) is 11.6. The van der Waals surface area contributed by atoms with Gasteiger partial charge in [0.2, 0.25) is 0 Å². The van der Waals surface area contributed by atoms with Gasteiger partial charge in [-0.1, -0.05) is 19.1 Å². The zero-order valence-electron chi connectivity index (χ0n) is 14.5. The van der Waals surface area contributed by atoms with E-state index in [9.17, 15) is 4.79 Å². The highest BCUT2D eigenvalue weighted by Gasteiger charge is 2.14. The number of nitrogens with one attached hydrogen (secondary N) is 2. The minimum atomic E-state index is -0.158. The number of rotatable bonds is 7. The molecule has 1 heterocycles. The summed E-state index contributed by atoms with van der Waals surface area (Å²) in [6.45, 7) is 4.04. The van der Waals surface area contributed by atoms with E-state index in [1.807, 2.05) is 50.2 Å². The molecule has 0 aliphatic carbocycles.